The molecule has 0 saturated carbocycles. The van der Waals surface area contributed by atoms with Crippen molar-refractivity contribution in [2.24, 2.45) is 7.05 Å². The van der Waals surface area contributed by atoms with Gasteiger partial charge in [-0.3, -0.25) is 14.9 Å². The number of anilines is 1. The number of hydrogen-bond acceptors (Lipinski definition) is 7. The summed E-state index contributed by atoms with van der Waals surface area (Å²) in [6.45, 7) is 4.90. The van der Waals surface area contributed by atoms with E-state index in [-0.39, 0.29) is 17.2 Å². The van der Waals surface area contributed by atoms with Gasteiger partial charge in [-0.2, -0.15) is 5.26 Å². The van der Waals surface area contributed by atoms with Gasteiger partial charge < -0.3 is 13.9 Å². The maximum Gasteiger partial charge on any atom is 0.274 e. The Balaban J connectivity index is 1.53. The van der Waals surface area contributed by atoms with Crippen molar-refractivity contribution >= 4 is 33.4 Å². The van der Waals surface area contributed by atoms with Crippen molar-refractivity contribution in [3.63, 3.8) is 0 Å². The first kappa shape index (κ1) is 21.6. The van der Waals surface area contributed by atoms with Gasteiger partial charge in [0, 0.05) is 43.1 Å². The maximum atomic E-state index is 13.0. The first-order valence-corrected chi connectivity index (χ1v) is 11.1. The van der Waals surface area contributed by atoms with E-state index in [0.717, 1.165) is 29.5 Å². The van der Waals surface area contributed by atoms with Crippen LogP contribution < -0.4 is 10.5 Å². The lowest BCUT2D eigenvalue weighted by molar-refractivity contribution is -0.385. The molecule has 0 atom stereocenters. The zero-order valence-corrected chi connectivity index (χ0v) is 19.2. The Morgan fingerprint density at radius 2 is 1.94 bits per heavy atom. The van der Waals surface area contributed by atoms with E-state index in [0.29, 0.717) is 41.1 Å². The van der Waals surface area contributed by atoms with Crippen LogP contribution in [0.25, 0.3) is 22.0 Å². The molecule has 2 aromatic carbocycles. The van der Waals surface area contributed by atoms with Crippen molar-refractivity contribution in [2.45, 2.75) is 32.6 Å². The highest BCUT2D eigenvalue weighted by molar-refractivity contribution is 5.96. The van der Waals surface area contributed by atoms with Gasteiger partial charge in [0.15, 0.2) is 11.5 Å². The van der Waals surface area contributed by atoms with E-state index in [1.165, 1.54) is 17.7 Å². The summed E-state index contributed by atoms with van der Waals surface area (Å²) >= 11 is 0. The first-order valence-electron chi connectivity index (χ1n) is 11.1. The molecule has 172 valence electrons. The van der Waals surface area contributed by atoms with Gasteiger partial charge in [-0.15, -0.1) is 0 Å². The number of piperidine rings is 1. The Kier molecular flexibility index (Phi) is 5.09. The number of aryl methyl sites for hydroxylation is 3. The minimum Gasteiger partial charge on any atom is -0.440 e. The second-order valence-corrected chi connectivity index (χ2v) is 8.90. The molecule has 2 aromatic heterocycles. The van der Waals surface area contributed by atoms with E-state index >= 15 is 0 Å². The lowest BCUT2D eigenvalue weighted by Crippen LogP contribution is -2.36. The fourth-order valence-electron chi connectivity index (χ4n) is 4.87. The molecule has 1 aliphatic heterocycles. The first-order chi connectivity index (χ1) is 16.3. The van der Waals surface area contributed by atoms with Crippen LogP contribution in [0.2, 0.25) is 0 Å². The van der Waals surface area contributed by atoms with Gasteiger partial charge in [0.1, 0.15) is 17.1 Å². The topological polar surface area (TPSA) is 118 Å². The van der Waals surface area contributed by atoms with Crippen molar-refractivity contribution in [3.05, 3.63) is 73.4 Å². The Hall–Kier alpha value is -4.19. The molecule has 9 heteroatoms. The van der Waals surface area contributed by atoms with E-state index in [4.69, 9.17) is 4.42 Å². The van der Waals surface area contributed by atoms with Crippen LogP contribution in [0.5, 0.6) is 0 Å². The van der Waals surface area contributed by atoms with E-state index in [1.807, 2.05) is 30.0 Å². The molecule has 0 amide bonds. The Morgan fingerprint density at radius 1 is 1.21 bits per heavy atom. The van der Waals surface area contributed by atoms with Crippen LogP contribution in [-0.4, -0.2) is 27.6 Å². The summed E-state index contributed by atoms with van der Waals surface area (Å²) in [4.78, 5) is 30.7. The van der Waals surface area contributed by atoms with Gasteiger partial charge in [-0.25, -0.2) is 4.98 Å². The summed E-state index contributed by atoms with van der Waals surface area (Å²) in [5.41, 5.74) is 3.75. The molecule has 1 fully saturated rings. The molecule has 0 aliphatic carbocycles. The molecule has 34 heavy (non-hydrogen) atoms. The zero-order chi connectivity index (χ0) is 24.1. The summed E-state index contributed by atoms with van der Waals surface area (Å²) in [6, 6.07) is 11.1. The number of hydrogen-bond donors (Lipinski definition) is 0. The monoisotopic (exact) mass is 457 g/mol. The predicted molar refractivity (Wildman–Crippen MR) is 128 cm³/mol. The average molecular weight is 457 g/mol. The van der Waals surface area contributed by atoms with Crippen molar-refractivity contribution in [1.82, 2.24) is 9.55 Å². The van der Waals surface area contributed by atoms with E-state index in [1.54, 1.807) is 13.0 Å². The number of nitro groups is 1. The van der Waals surface area contributed by atoms with Crippen LogP contribution in [0, 0.1) is 35.3 Å². The highest BCUT2D eigenvalue weighted by Crippen LogP contribution is 2.37. The normalized spacial score (nSPS) is 14.6. The lowest BCUT2D eigenvalue weighted by Gasteiger charge is -2.33. The summed E-state index contributed by atoms with van der Waals surface area (Å²) < 4.78 is 7.32. The summed E-state index contributed by atoms with van der Waals surface area (Å²) in [7, 11) is 1.54. The maximum absolute atomic E-state index is 13.0. The van der Waals surface area contributed by atoms with Crippen LogP contribution in [-0.2, 0) is 7.05 Å². The number of benzene rings is 2. The van der Waals surface area contributed by atoms with Crippen molar-refractivity contribution in [1.29, 1.82) is 5.26 Å². The number of oxazole rings is 1. The molecule has 0 bridgehead atoms. The van der Waals surface area contributed by atoms with Gasteiger partial charge in [0.05, 0.1) is 16.1 Å². The second kappa shape index (κ2) is 7.99. The standard InChI is InChI=1S/C25H23N5O4/c1-14-4-5-22-19(10-14)27-24(34-22)16-6-8-29(9-7-16)23-17-11-15(2)20(30(32)33)12-21(17)28(3)25(31)18(23)13-26/h4-5,10-12,16H,6-9H2,1-3H3. The second-order valence-electron chi connectivity index (χ2n) is 8.90. The number of nitro benzene ring substituents is 1. The van der Waals surface area contributed by atoms with Gasteiger partial charge in [-0.05, 0) is 50.5 Å². The summed E-state index contributed by atoms with van der Waals surface area (Å²) in [6.07, 6.45) is 1.50. The van der Waals surface area contributed by atoms with E-state index in [9.17, 15) is 20.2 Å². The Bertz CT molecular complexity index is 1570. The molecule has 1 saturated heterocycles. The third-order valence-electron chi connectivity index (χ3n) is 6.71. The van der Waals surface area contributed by atoms with Crippen LogP contribution in [0.3, 0.4) is 0 Å². The number of fused-ring (bicyclic) bond motifs is 2. The van der Waals surface area contributed by atoms with E-state index < -0.39 is 10.5 Å². The quantitative estimate of drug-likeness (QED) is 0.329. The van der Waals surface area contributed by atoms with Crippen LogP contribution in [0.15, 0.2) is 39.5 Å². The summed E-state index contributed by atoms with van der Waals surface area (Å²) in [5.74, 6) is 0.844. The lowest BCUT2D eigenvalue weighted by atomic mass is 9.95. The molecular weight excluding hydrogens is 434 g/mol. The van der Waals surface area contributed by atoms with Crippen molar-refractivity contribution in [3.8, 4) is 6.07 Å². The molecule has 0 spiro atoms. The fourth-order valence-corrected chi connectivity index (χ4v) is 4.87. The molecular formula is C25H23N5O4. The number of nitrogens with zero attached hydrogens (tertiary/aromatic N) is 5. The predicted octanol–water partition coefficient (Wildman–Crippen LogP) is 4.46. The van der Waals surface area contributed by atoms with Crippen LogP contribution in [0.4, 0.5) is 11.4 Å². The largest absolute Gasteiger partial charge is 0.440 e. The van der Waals surface area contributed by atoms with Crippen LogP contribution >= 0.6 is 0 Å². The van der Waals surface area contributed by atoms with E-state index in [2.05, 4.69) is 11.1 Å². The van der Waals surface area contributed by atoms with Gasteiger partial charge in [0.25, 0.3) is 11.2 Å². The molecule has 0 N–H and O–H groups in total. The number of nitriles is 1. The van der Waals surface area contributed by atoms with Crippen LogP contribution in [0.1, 0.15) is 41.3 Å². The Morgan fingerprint density at radius 3 is 2.62 bits per heavy atom. The number of pyridine rings is 1. The zero-order valence-electron chi connectivity index (χ0n) is 19.2. The number of aromatic nitrogens is 2. The average Bonchev–Trinajstić information content (AvgIpc) is 3.24. The molecule has 0 radical (unpaired) electrons. The van der Waals surface area contributed by atoms with Crippen molar-refractivity contribution < 1.29 is 9.34 Å². The molecule has 9 nitrogen and oxygen atoms in total. The molecule has 0 unspecified atom stereocenters. The van der Waals surface area contributed by atoms with Gasteiger partial charge >= 0.3 is 0 Å². The third kappa shape index (κ3) is 3.39. The number of rotatable bonds is 3. The minimum absolute atomic E-state index is 0.0527. The minimum atomic E-state index is -0.459. The van der Waals surface area contributed by atoms with Crippen molar-refractivity contribution in [2.75, 3.05) is 18.0 Å². The van der Waals surface area contributed by atoms with Gasteiger partial charge in [-0.1, -0.05) is 6.07 Å². The smallest absolute Gasteiger partial charge is 0.274 e. The summed E-state index contributed by atoms with van der Waals surface area (Å²) in [5, 5.41) is 22.0. The fraction of sp³-hybridized carbons (Fsp3) is 0.320. The molecule has 3 heterocycles. The highest BCUT2D eigenvalue weighted by Gasteiger charge is 2.29. The SMILES string of the molecule is Cc1ccc2oc(C3CCN(c4c(C#N)c(=O)n(C)c5cc([N+](=O)[O-])c(C)cc45)CC3)nc2c1. The molecule has 1 aliphatic rings. The van der Waals surface area contributed by atoms with Gasteiger partial charge in [0.2, 0.25) is 0 Å². The molecule has 5 rings (SSSR count). The highest BCUT2D eigenvalue weighted by atomic mass is 16.6. The molecule has 4 aromatic rings. The Labute approximate surface area is 195 Å². The third-order valence-corrected chi connectivity index (χ3v) is 6.71.